The number of H-pyrrole nitrogens is 1. The predicted octanol–water partition coefficient (Wildman–Crippen LogP) is 2.87. The molecule has 1 aliphatic rings. The van der Waals surface area contributed by atoms with Gasteiger partial charge in [-0.3, -0.25) is 0 Å². The molecule has 1 heterocycles. The molecule has 0 amide bonds. The highest BCUT2D eigenvalue weighted by Crippen LogP contribution is 2.30. The minimum atomic E-state index is -4.33. The van der Waals surface area contributed by atoms with Gasteiger partial charge in [-0.25, -0.2) is 4.98 Å². The topological polar surface area (TPSA) is 48.9 Å². The van der Waals surface area contributed by atoms with Crippen LogP contribution in [-0.2, 0) is 25.4 Å². The number of hydrogen-bond acceptors (Lipinski definition) is 2. The fraction of sp³-hybridized carbons (Fsp3) is 0.400. The average molecular weight is 296 g/mol. The van der Waals surface area contributed by atoms with E-state index in [4.69, 9.17) is 0 Å². The maximum absolute atomic E-state index is 12.7. The van der Waals surface area contributed by atoms with Crippen molar-refractivity contribution in [3.05, 3.63) is 52.6 Å². The van der Waals surface area contributed by atoms with E-state index >= 15 is 0 Å². The molecular formula is C15H15F3N2O. The molecule has 1 aliphatic carbocycles. The molecule has 0 saturated heterocycles. The lowest BCUT2D eigenvalue weighted by molar-refractivity contribution is -0.137. The normalized spacial score (nSPS) is 18.6. The zero-order chi connectivity index (χ0) is 15.0. The van der Waals surface area contributed by atoms with E-state index in [0.29, 0.717) is 37.1 Å². The Morgan fingerprint density at radius 2 is 2.14 bits per heavy atom. The third-order valence-electron chi connectivity index (χ3n) is 3.69. The number of halogens is 3. The Kier molecular flexibility index (Phi) is 3.49. The molecule has 21 heavy (non-hydrogen) atoms. The number of rotatable bonds is 2. The fourth-order valence-corrected chi connectivity index (χ4v) is 2.66. The van der Waals surface area contributed by atoms with Gasteiger partial charge < -0.3 is 10.1 Å². The molecule has 0 radical (unpaired) electrons. The molecule has 3 rings (SSSR count). The number of hydrogen-bond donors (Lipinski definition) is 2. The Morgan fingerprint density at radius 3 is 2.90 bits per heavy atom. The van der Waals surface area contributed by atoms with Gasteiger partial charge in [-0.2, -0.15) is 13.2 Å². The fourth-order valence-electron chi connectivity index (χ4n) is 2.66. The number of benzene rings is 1. The molecule has 6 heteroatoms. The van der Waals surface area contributed by atoms with Crippen LogP contribution in [0.4, 0.5) is 13.2 Å². The molecule has 0 fully saturated rings. The van der Waals surface area contributed by atoms with Gasteiger partial charge in [0, 0.05) is 18.5 Å². The van der Waals surface area contributed by atoms with Crippen molar-refractivity contribution in [3.63, 3.8) is 0 Å². The van der Waals surface area contributed by atoms with Gasteiger partial charge in [0.2, 0.25) is 0 Å². The minimum absolute atomic E-state index is 0.326. The van der Waals surface area contributed by atoms with E-state index in [2.05, 4.69) is 9.97 Å². The van der Waals surface area contributed by atoms with E-state index in [1.165, 1.54) is 6.07 Å². The van der Waals surface area contributed by atoms with Crippen LogP contribution in [0.2, 0.25) is 0 Å². The monoisotopic (exact) mass is 296 g/mol. The summed E-state index contributed by atoms with van der Waals surface area (Å²) in [4.78, 5) is 7.54. The second-order valence-corrected chi connectivity index (χ2v) is 5.38. The number of aryl methyl sites for hydroxylation is 1. The van der Waals surface area contributed by atoms with Crippen molar-refractivity contribution in [2.45, 2.75) is 38.0 Å². The molecule has 1 atom stereocenters. The van der Waals surface area contributed by atoms with Crippen LogP contribution in [0.25, 0.3) is 0 Å². The predicted molar refractivity (Wildman–Crippen MR) is 70.9 cm³/mol. The Bertz CT molecular complexity index is 649. The first kappa shape index (κ1) is 14.1. The third-order valence-corrected chi connectivity index (χ3v) is 3.69. The number of nitrogens with one attached hydrogen (secondary N) is 1. The second-order valence-electron chi connectivity index (χ2n) is 5.38. The summed E-state index contributed by atoms with van der Waals surface area (Å²) in [6, 6.07) is 5.28. The van der Waals surface area contributed by atoms with E-state index in [-0.39, 0.29) is 6.10 Å². The molecule has 0 bridgehead atoms. The Morgan fingerprint density at radius 1 is 1.33 bits per heavy atom. The van der Waals surface area contributed by atoms with Crippen molar-refractivity contribution >= 4 is 0 Å². The van der Waals surface area contributed by atoms with Gasteiger partial charge in [-0.1, -0.05) is 18.2 Å². The molecule has 2 aromatic rings. The third kappa shape index (κ3) is 3.10. The zero-order valence-electron chi connectivity index (χ0n) is 11.2. The number of fused-ring (bicyclic) bond motifs is 1. The first-order valence-electron chi connectivity index (χ1n) is 6.82. The van der Waals surface area contributed by atoms with Gasteiger partial charge in [0.25, 0.3) is 0 Å². The van der Waals surface area contributed by atoms with Crippen molar-refractivity contribution < 1.29 is 18.3 Å². The van der Waals surface area contributed by atoms with Crippen LogP contribution in [0, 0.1) is 0 Å². The molecule has 112 valence electrons. The lowest BCUT2D eigenvalue weighted by Crippen LogP contribution is -2.18. The average Bonchev–Trinajstić information content (AvgIpc) is 2.79. The summed E-state index contributed by atoms with van der Waals surface area (Å²) in [5.74, 6) is 0.647. The molecule has 1 aromatic carbocycles. The molecule has 2 N–H and O–H groups in total. The zero-order valence-corrected chi connectivity index (χ0v) is 11.2. The first-order valence-corrected chi connectivity index (χ1v) is 6.82. The number of aliphatic hydroxyl groups is 1. The first-order chi connectivity index (χ1) is 9.91. The summed E-state index contributed by atoms with van der Waals surface area (Å²) in [5, 5.41) is 9.61. The van der Waals surface area contributed by atoms with Gasteiger partial charge in [0.1, 0.15) is 5.82 Å². The van der Waals surface area contributed by atoms with Crippen LogP contribution in [0.5, 0.6) is 0 Å². The number of alkyl halides is 3. The lowest BCUT2D eigenvalue weighted by Gasteiger charge is -2.14. The van der Waals surface area contributed by atoms with Crippen LogP contribution in [0.15, 0.2) is 24.3 Å². The maximum Gasteiger partial charge on any atom is 0.416 e. The summed E-state index contributed by atoms with van der Waals surface area (Å²) in [6.45, 7) is 0. The molecule has 1 aromatic heterocycles. The van der Waals surface area contributed by atoms with Crippen molar-refractivity contribution in [2.75, 3.05) is 0 Å². The molecule has 1 unspecified atom stereocenters. The van der Waals surface area contributed by atoms with Crippen LogP contribution >= 0.6 is 0 Å². The largest absolute Gasteiger partial charge is 0.416 e. The highest BCUT2D eigenvalue weighted by molar-refractivity contribution is 5.29. The smallest absolute Gasteiger partial charge is 0.393 e. The van der Waals surface area contributed by atoms with E-state index in [0.717, 1.165) is 23.5 Å². The summed E-state index contributed by atoms with van der Waals surface area (Å²) in [7, 11) is 0. The number of aromatic amines is 1. The highest BCUT2D eigenvalue weighted by atomic mass is 19.4. The van der Waals surface area contributed by atoms with E-state index in [9.17, 15) is 18.3 Å². The van der Waals surface area contributed by atoms with Gasteiger partial charge in [-0.05, 0) is 24.5 Å². The Hall–Kier alpha value is -1.82. The van der Waals surface area contributed by atoms with Crippen LogP contribution < -0.4 is 0 Å². The Labute approximate surface area is 119 Å². The number of aromatic nitrogens is 2. The molecule has 0 aliphatic heterocycles. The number of imidazole rings is 1. The van der Waals surface area contributed by atoms with Crippen LogP contribution in [-0.4, -0.2) is 21.2 Å². The van der Waals surface area contributed by atoms with E-state index in [1.54, 1.807) is 6.07 Å². The van der Waals surface area contributed by atoms with Crippen molar-refractivity contribution in [3.8, 4) is 0 Å². The SMILES string of the molecule is OC1CCc2nc(Cc3cccc(C(F)(F)F)c3)[nH]c2C1. The molecule has 3 nitrogen and oxygen atoms in total. The molecule has 0 spiro atoms. The van der Waals surface area contributed by atoms with Crippen LogP contribution in [0.1, 0.15) is 34.8 Å². The number of nitrogens with zero attached hydrogens (tertiary/aromatic N) is 1. The van der Waals surface area contributed by atoms with E-state index in [1.807, 2.05) is 0 Å². The standard InChI is InChI=1S/C15H15F3N2O/c16-15(17,18)10-3-1-2-9(6-10)7-14-19-12-5-4-11(21)8-13(12)20-14/h1-3,6,11,21H,4-5,7-8H2,(H,19,20). The number of aliphatic hydroxyl groups excluding tert-OH is 1. The summed E-state index contributed by atoms with van der Waals surface area (Å²) < 4.78 is 38.1. The van der Waals surface area contributed by atoms with Crippen molar-refractivity contribution in [1.29, 1.82) is 0 Å². The van der Waals surface area contributed by atoms with Gasteiger partial charge in [0.15, 0.2) is 0 Å². The summed E-state index contributed by atoms with van der Waals surface area (Å²) in [5.41, 5.74) is 1.74. The van der Waals surface area contributed by atoms with Crippen molar-refractivity contribution in [2.24, 2.45) is 0 Å². The summed E-state index contributed by atoms with van der Waals surface area (Å²) in [6.07, 6.45) is -2.45. The molecule has 0 saturated carbocycles. The van der Waals surface area contributed by atoms with Gasteiger partial charge >= 0.3 is 6.18 Å². The highest BCUT2D eigenvalue weighted by Gasteiger charge is 2.30. The summed E-state index contributed by atoms with van der Waals surface area (Å²) >= 11 is 0. The van der Waals surface area contributed by atoms with Gasteiger partial charge in [0.05, 0.1) is 17.4 Å². The van der Waals surface area contributed by atoms with Crippen molar-refractivity contribution in [1.82, 2.24) is 9.97 Å². The quantitative estimate of drug-likeness (QED) is 0.895. The van der Waals surface area contributed by atoms with Crippen LogP contribution in [0.3, 0.4) is 0 Å². The minimum Gasteiger partial charge on any atom is -0.393 e. The maximum atomic E-state index is 12.7. The Balaban J connectivity index is 1.81. The lowest BCUT2D eigenvalue weighted by atomic mass is 9.99. The molecular weight excluding hydrogens is 281 g/mol. The van der Waals surface area contributed by atoms with E-state index < -0.39 is 11.7 Å². The second kappa shape index (κ2) is 5.18. The van der Waals surface area contributed by atoms with Gasteiger partial charge in [-0.15, -0.1) is 0 Å².